The van der Waals surface area contributed by atoms with E-state index in [0.717, 1.165) is 31.6 Å². The van der Waals surface area contributed by atoms with Crippen LogP contribution in [-0.2, 0) is 4.79 Å². The summed E-state index contributed by atoms with van der Waals surface area (Å²) in [6.07, 6.45) is 0.722. The lowest BCUT2D eigenvalue weighted by Crippen LogP contribution is -2.48. The molecule has 0 bridgehead atoms. The Balaban J connectivity index is 1.00. The van der Waals surface area contributed by atoms with Gasteiger partial charge in [0.25, 0.3) is 0 Å². The molecule has 10 heteroatoms. The van der Waals surface area contributed by atoms with Gasteiger partial charge in [-0.15, -0.1) is 0 Å². The fourth-order valence-electron chi connectivity index (χ4n) is 5.67. The highest BCUT2D eigenvalue weighted by atomic mass is 35.5. The number of benzene rings is 4. The van der Waals surface area contributed by atoms with E-state index in [1.807, 2.05) is 42.5 Å². The number of nitrogens with zero attached hydrogens (tertiary/aromatic N) is 2. The van der Waals surface area contributed by atoms with E-state index in [-0.39, 0.29) is 35.0 Å². The lowest BCUT2D eigenvalue weighted by Gasteiger charge is -2.34. The quantitative estimate of drug-likeness (QED) is 0.119. The monoisotopic (exact) mass is 669 g/mol. The minimum atomic E-state index is -0.316. The van der Waals surface area contributed by atoms with E-state index < -0.39 is 0 Å². The summed E-state index contributed by atoms with van der Waals surface area (Å²) >= 11 is 12.4. The molecule has 240 valence electrons. The number of piperazine rings is 1. The lowest BCUT2D eigenvalue weighted by atomic mass is 10.0. The van der Waals surface area contributed by atoms with Crippen molar-refractivity contribution in [2.24, 2.45) is 0 Å². The smallest absolute Gasteiger partial charge is 0.238 e. The van der Waals surface area contributed by atoms with E-state index in [1.54, 1.807) is 54.6 Å². The minimum Gasteiger partial charge on any atom is -0.486 e. The van der Waals surface area contributed by atoms with Gasteiger partial charge in [-0.3, -0.25) is 19.3 Å². The Morgan fingerprint density at radius 2 is 1.51 bits per heavy atom. The zero-order valence-corrected chi connectivity index (χ0v) is 27.1. The molecule has 1 fully saturated rings. The SMILES string of the molecule is O=C(CN1CCN(CCCOc2c(-c3ccccc3)oc3ccccc3c2=O)CC1)Nc1ccc(Cl)cc1C(=O)c1ccccc1Cl. The predicted molar refractivity (Wildman–Crippen MR) is 186 cm³/mol. The molecule has 1 amide bonds. The molecule has 1 aliphatic heterocycles. The van der Waals surface area contributed by atoms with Crippen molar-refractivity contribution < 1.29 is 18.7 Å². The zero-order valence-electron chi connectivity index (χ0n) is 25.6. The maximum Gasteiger partial charge on any atom is 0.238 e. The number of hydrogen-bond donors (Lipinski definition) is 1. The summed E-state index contributed by atoms with van der Waals surface area (Å²) < 4.78 is 12.2. The average Bonchev–Trinajstić information content (AvgIpc) is 3.09. The van der Waals surface area contributed by atoms with Gasteiger partial charge in [0.15, 0.2) is 11.5 Å². The molecule has 6 rings (SSSR count). The van der Waals surface area contributed by atoms with Gasteiger partial charge in [-0.25, -0.2) is 0 Å². The number of amides is 1. The second-order valence-electron chi connectivity index (χ2n) is 11.3. The van der Waals surface area contributed by atoms with Gasteiger partial charge in [-0.1, -0.05) is 77.8 Å². The van der Waals surface area contributed by atoms with Crippen molar-refractivity contribution >= 4 is 51.5 Å². The third-order valence-electron chi connectivity index (χ3n) is 8.11. The molecule has 0 spiro atoms. The van der Waals surface area contributed by atoms with Crippen LogP contribution in [0.4, 0.5) is 5.69 Å². The number of para-hydroxylation sites is 1. The first-order valence-electron chi connectivity index (χ1n) is 15.4. The van der Waals surface area contributed by atoms with Crippen LogP contribution >= 0.6 is 23.2 Å². The Kier molecular flexibility index (Phi) is 10.3. The summed E-state index contributed by atoms with van der Waals surface area (Å²) in [7, 11) is 0. The number of anilines is 1. The number of carbonyl (C=O) groups excluding carboxylic acids is 2. The lowest BCUT2D eigenvalue weighted by molar-refractivity contribution is -0.117. The molecule has 8 nitrogen and oxygen atoms in total. The second-order valence-corrected chi connectivity index (χ2v) is 12.2. The van der Waals surface area contributed by atoms with Gasteiger partial charge in [0, 0.05) is 54.4 Å². The Morgan fingerprint density at radius 3 is 2.30 bits per heavy atom. The Bertz CT molecular complexity index is 1960. The number of fused-ring (bicyclic) bond motifs is 1. The normalized spacial score (nSPS) is 13.8. The number of ether oxygens (including phenoxy) is 1. The second kappa shape index (κ2) is 15.0. The van der Waals surface area contributed by atoms with E-state index in [4.69, 9.17) is 32.4 Å². The van der Waals surface area contributed by atoms with Gasteiger partial charge in [0.2, 0.25) is 17.1 Å². The fraction of sp³-hybridized carbons (Fsp3) is 0.216. The molecule has 4 aromatic carbocycles. The van der Waals surface area contributed by atoms with E-state index >= 15 is 0 Å². The molecular weight excluding hydrogens is 637 g/mol. The number of rotatable bonds is 11. The molecule has 1 N–H and O–H groups in total. The van der Waals surface area contributed by atoms with Gasteiger partial charge >= 0.3 is 0 Å². The molecule has 5 aromatic rings. The third-order valence-corrected chi connectivity index (χ3v) is 8.67. The minimum absolute atomic E-state index is 0.184. The molecule has 47 heavy (non-hydrogen) atoms. The molecule has 0 atom stereocenters. The first-order valence-corrected chi connectivity index (χ1v) is 16.2. The molecule has 0 unspecified atom stereocenters. The maximum absolute atomic E-state index is 13.3. The largest absolute Gasteiger partial charge is 0.486 e. The van der Waals surface area contributed by atoms with Crippen LogP contribution in [0.25, 0.3) is 22.3 Å². The number of nitrogens with one attached hydrogen (secondary N) is 1. The highest BCUT2D eigenvalue weighted by molar-refractivity contribution is 6.36. The summed E-state index contributed by atoms with van der Waals surface area (Å²) in [6.45, 7) is 4.36. The number of halogens is 2. The molecule has 1 aliphatic rings. The number of carbonyl (C=O) groups is 2. The maximum atomic E-state index is 13.3. The van der Waals surface area contributed by atoms with Crippen LogP contribution in [0.5, 0.6) is 5.75 Å². The van der Waals surface area contributed by atoms with Crippen molar-refractivity contribution in [1.29, 1.82) is 0 Å². The third kappa shape index (κ3) is 7.75. The van der Waals surface area contributed by atoms with E-state index in [9.17, 15) is 14.4 Å². The molecule has 1 saturated heterocycles. The first kappa shape index (κ1) is 32.5. The highest BCUT2D eigenvalue weighted by Gasteiger charge is 2.22. The van der Waals surface area contributed by atoms with Gasteiger partial charge < -0.3 is 19.4 Å². The highest BCUT2D eigenvalue weighted by Crippen LogP contribution is 2.31. The van der Waals surface area contributed by atoms with Crippen LogP contribution in [0.1, 0.15) is 22.3 Å². The molecular formula is C37H33Cl2N3O5. The summed E-state index contributed by atoms with van der Waals surface area (Å²) in [5, 5.41) is 4.09. The van der Waals surface area contributed by atoms with Crippen LogP contribution in [0.3, 0.4) is 0 Å². The van der Waals surface area contributed by atoms with Crippen LogP contribution < -0.4 is 15.5 Å². The van der Waals surface area contributed by atoms with E-state index in [1.165, 1.54) is 0 Å². The molecule has 0 saturated carbocycles. The van der Waals surface area contributed by atoms with Gasteiger partial charge in [0.1, 0.15) is 5.58 Å². The van der Waals surface area contributed by atoms with Gasteiger partial charge in [0.05, 0.1) is 29.2 Å². The molecule has 1 aromatic heterocycles. The number of ketones is 1. The first-order chi connectivity index (χ1) is 22.9. The summed E-state index contributed by atoms with van der Waals surface area (Å²) in [4.78, 5) is 44.0. The summed E-state index contributed by atoms with van der Waals surface area (Å²) in [6, 6.07) is 28.3. The molecule has 2 heterocycles. The van der Waals surface area contributed by atoms with Crippen LogP contribution in [0.2, 0.25) is 10.0 Å². The fourth-order valence-corrected chi connectivity index (χ4v) is 6.06. The topological polar surface area (TPSA) is 92.1 Å². The van der Waals surface area contributed by atoms with E-state index in [0.29, 0.717) is 57.7 Å². The average molecular weight is 671 g/mol. The van der Waals surface area contributed by atoms with Crippen LogP contribution in [0.15, 0.2) is 106 Å². The van der Waals surface area contributed by atoms with Crippen molar-refractivity contribution in [3.05, 3.63) is 128 Å². The van der Waals surface area contributed by atoms with Crippen LogP contribution in [0, 0.1) is 0 Å². The Labute approximate surface area is 282 Å². The predicted octanol–water partition coefficient (Wildman–Crippen LogP) is 7.02. The Morgan fingerprint density at radius 1 is 0.809 bits per heavy atom. The molecule has 0 aliphatic carbocycles. The van der Waals surface area contributed by atoms with Crippen molar-refractivity contribution in [3.63, 3.8) is 0 Å². The molecule has 0 radical (unpaired) electrons. The Hall–Kier alpha value is -4.47. The van der Waals surface area contributed by atoms with Gasteiger partial charge in [-0.05, 0) is 48.9 Å². The van der Waals surface area contributed by atoms with Crippen molar-refractivity contribution in [2.45, 2.75) is 6.42 Å². The number of hydrogen-bond acceptors (Lipinski definition) is 7. The van der Waals surface area contributed by atoms with Crippen molar-refractivity contribution in [2.75, 3.05) is 51.2 Å². The van der Waals surface area contributed by atoms with Crippen molar-refractivity contribution in [1.82, 2.24) is 9.80 Å². The summed E-state index contributed by atoms with van der Waals surface area (Å²) in [5.74, 6) is 0.123. The van der Waals surface area contributed by atoms with E-state index in [2.05, 4.69) is 15.1 Å². The van der Waals surface area contributed by atoms with Crippen molar-refractivity contribution in [3.8, 4) is 17.1 Å². The van der Waals surface area contributed by atoms with Crippen LogP contribution in [-0.4, -0.2) is 67.4 Å². The standard InChI is InChI=1S/C37H33Cl2N3O5/c38-26-15-16-31(29(23-26)34(44)27-11-4-6-13-30(27)39)40-33(43)24-42-20-18-41(19-21-42)17-8-22-46-37-35(45)28-12-5-7-14-32(28)47-36(37)25-9-2-1-3-10-25/h1-7,9-16,23H,8,17-22,24H2,(H,40,43). The summed E-state index contributed by atoms with van der Waals surface area (Å²) in [5.41, 5.74) is 2.13. The zero-order chi connectivity index (χ0) is 32.8. The van der Waals surface area contributed by atoms with Gasteiger partial charge in [-0.2, -0.15) is 0 Å².